The summed E-state index contributed by atoms with van der Waals surface area (Å²) in [7, 11) is 0. The monoisotopic (exact) mass is 297 g/mol. The lowest BCUT2D eigenvalue weighted by Gasteiger charge is -2.24. The van der Waals surface area contributed by atoms with Gasteiger partial charge in [-0.25, -0.2) is 8.78 Å². The van der Waals surface area contributed by atoms with Gasteiger partial charge in [-0.1, -0.05) is 30.3 Å². The average Bonchev–Trinajstić information content (AvgIpc) is 2.71. The SMILES string of the molecule is N[C@@H](C(=O)N1CCCN(CC(F)F)CC1)c1ccccc1. The Kier molecular flexibility index (Phi) is 5.64. The van der Waals surface area contributed by atoms with Gasteiger partial charge in [-0.2, -0.15) is 0 Å². The maximum atomic E-state index is 12.4. The molecule has 0 aliphatic carbocycles. The van der Waals surface area contributed by atoms with Crippen LogP contribution in [0.5, 0.6) is 0 Å². The average molecular weight is 297 g/mol. The van der Waals surface area contributed by atoms with Crippen LogP contribution in [0.2, 0.25) is 0 Å². The molecule has 1 aliphatic rings. The van der Waals surface area contributed by atoms with Crippen molar-refractivity contribution in [1.29, 1.82) is 0 Å². The van der Waals surface area contributed by atoms with Crippen LogP contribution in [-0.4, -0.2) is 54.9 Å². The number of benzene rings is 1. The van der Waals surface area contributed by atoms with Crippen molar-refractivity contribution in [3.05, 3.63) is 35.9 Å². The second-order valence-electron chi connectivity index (χ2n) is 5.26. The lowest BCUT2D eigenvalue weighted by Crippen LogP contribution is -2.41. The topological polar surface area (TPSA) is 49.6 Å². The van der Waals surface area contributed by atoms with Crippen LogP contribution in [0.3, 0.4) is 0 Å². The second-order valence-corrected chi connectivity index (χ2v) is 5.26. The number of hydrogen-bond acceptors (Lipinski definition) is 3. The number of nitrogens with zero attached hydrogens (tertiary/aromatic N) is 2. The Labute approximate surface area is 123 Å². The van der Waals surface area contributed by atoms with Crippen LogP contribution in [0.15, 0.2) is 30.3 Å². The van der Waals surface area contributed by atoms with Crippen molar-refractivity contribution in [3.8, 4) is 0 Å². The minimum atomic E-state index is -2.33. The number of nitrogens with two attached hydrogens (primary N) is 1. The highest BCUT2D eigenvalue weighted by atomic mass is 19.3. The summed E-state index contributed by atoms with van der Waals surface area (Å²) in [6.07, 6.45) is -1.64. The van der Waals surface area contributed by atoms with E-state index in [4.69, 9.17) is 5.73 Å². The van der Waals surface area contributed by atoms with Crippen molar-refractivity contribution in [2.24, 2.45) is 5.73 Å². The molecule has 0 radical (unpaired) electrons. The quantitative estimate of drug-likeness (QED) is 0.916. The smallest absolute Gasteiger partial charge is 0.251 e. The minimum absolute atomic E-state index is 0.139. The first-order valence-electron chi connectivity index (χ1n) is 7.17. The molecule has 1 heterocycles. The lowest BCUT2D eigenvalue weighted by atomic mass is 10.1. The van der Waals surface area contributed by atoms with Crippen LogP contribution >= 0.6 is 0 Å². The molecule has 1 fully saturated rings. The number of carbonyl (C=O) groups excluding carboxylic acids is 1. The summed E-state index contributed by atoms with van der Waals surface area (Å²) in [5, 5.41) is 0. The largest absolute Gasteiger partial charge is 0.340 e. The molecule has 1 aliphatic heterocycles. The molecule has 1 amide bonds. The Balaban J connectivity index is 1.94. The van der Waals surface area contributed by atoms with Crippen LogP contribution < -0.4 is 5.73 Å². The van der Waals surface area contributed by atoms with Crippen molar-refractivity contribution >= 4 is 5.91 Å². The molecule has 6 heteroatoms. The van der Waals surface area contributed by atoms with Crippen molar-refractivity contribution in [1.82, 2.24) is 9.80 Å². The van der Waals surface area contributed by atoms with Gasteiger partial charge in [-0.3, -0.25) is 9.69 Å². The zero-order chi connectivity index (χ0) is 15.2. The van der Waals surface area contributed by atoms with Crippen LogP contribution in [0, 0.1) is 0 Å². The van der Waals surface area contributed by atoms with Crippen molar-refractivity contribution < 1.29 is 13.6 Å². The second kappa shape index (κ2) is 7.47. The third kappa shape index (κ3) is 4.47. The van der Waals surface area contributed by atoms with Crippen molar-refractivity contribution in [2.45, 2.75) is 18.9 Å². The summed E-state index contributed by atoms with van der Waals surface area (Å²) in [6.45, 7) is 1.85. The molecule has 1 aromatic rings. The van der Waals surface area contributed by atoms with Gasteiger partial charge < -0.3 is 10.6 Å². The fourth-order valence-corrected chi connectivity index (χ4v) is 2.57. The first kappa shape index (κ1) is 15.9. The van der Waals surface area contributed by atoms with E-state index in [0.29, 0.717) is 32.6 Å². The number of amides is 1. The molecule has 4 nitrogen and oxygen atoms in total. The molecule has 0 saturated carbocycles. The summed E-state index contributed by atoms with van der Waals surface area (Å²) in [5.74, 6) is -0.139. The van der Waals surface area contributed by atoms with E-state index in [1.807, 2.05) is 30.3 Å². The summed E-state index contributed by atoms with van der Waals surface area (Å²) in [4.78, 5) is 15.8. The molecule has 0 spiro atoms. The van der Waals surface area contributed by atoms with Gasteiger partial charge >= 0.3 is 0 Å². The number of carbonyl (C=O) groups is 1. The summed E-state index contributed by atoms with van der Waals surface area (Å²) < 4.78 is 24.8. The van der Waals surface area contributed by atoms with Gasteiger partial charge in [0.05, 0.1) is 6.54 Å². The molecule has 0 unspecified atom stereocenters. The molecule has 2 rings (SSSR count). The van der Waals surface area contributed by atoms with Crippen molar-refractivity contribution in [2.75, 3.05) is 32.7 Å². The Morgan fingerprint density at radius 1 is 1.14 bits per heavy atom. The van der Waals surface area contributed by atoms with Gasteiger partial charge in [-0.05, 0) is 12.0 Å². The molecule has 0 aromatic heterocycles. The summed E-state index contributed by atoms with van der Waals surface area (Å²) in [6, 6.07) is 8.51. The summed E-state index contributed by atoms with van der Waals surface area (Å²) >= 11 is 0. The van der Waals surface area contributed by atoms with Gasteiger partial charge in [-0.15, -0.1) is 0 Å². The lowest BCUT2D eigenvalue weighted by molar-refractivity contribution is -0.132. The number of alkyl halides is 2. The van der Waals surface area contributed by atoms with Crippen molar-refractivity contribution in [3.63, 3.8) is 0 Å². The maximum Gasteiger partial charge on any atom is 0.251 e. The van der Waals surface area contributed by atoms with E-state index in [9.17, 15) is 13.6 Å². The molecule has 116 valence electrons. The van der Waals surface area contributed by atoms with Crippen LogP contribution in [0.4, 0.5) is 8.78 Å². The molecule has 1 atom stereocenters. The Morgan fingerprint density at radius 3 is 2.52 bits per heavy atom. The van der Waals surface area contributed by atoms with Crippen LogP contribution in [0.1, 0.15) is 18.0 Å². The Bertz CT molecular complexity index is 455. The van der Waals surface area contributed by atoms with E-state index in [2.05, 4.69) is 0 Å². The normalized spacial score (nSPS) is 18.6. The molecule has 2 N–H and O–H groups in total. The van der Waals surface area contributed by atoms with E-state index in [1.54, 1.807) is 9.80 Å². The first-order chi connectivity index (χ1) is 10.1. The van der Waals surface area contributed by atoms with E-state index < -0.39 is 12.5 Å². The number of halogens is 2. The molecular weight excluding hydrogens is 276 g/mol. The minimum Gasteiger partial charge on any atom is -0.340 e. The van der Waals surface area contributed by atoms with Gasteiger partial charge in [0.1, 0.15) is 6.04 Å². The standard InChI is InChI=1S/C15H21F2N3O/c16-13(17)11-19-7-4-8-20(10-9-19)15(21)14(18)12-5-2-1-3-6-12/h1-3,5-6,13-14H,4,7-11,18H2/t14-/m1/s1. The third-order valence-electron chi connectivity index (χ3n) is 3.72. The third-order valence-corrected chi connectivity index (χ3v) is 3.72. The van der Waals surface area contributed by atoms with Gasteiger partial charge in [0.15, 0.2) is 0 Å². The maximum absolute atomic E-state index is 12.4. The first-order valence-corrected chi connectivity index (χ1v) is 7.17. The Hall–Kier alpha value is -1.53. The highest BCUT2D eigenvalue weighted by molar-refractivity contribution is 5.83. The van der Waals surface area contributed by atoms with Gasteiger partial charge in [0, 0.05) is 26.2 Å². The molecular formula is C15H21F2N3O. The zero-order valence-corrected chi connectivity index (χ0v) is 11.9. The fourth-order valence-electron chi connectivity index (χ4n) is 2.57. The van der Waals surface area contributed by atoms with Gasteiger partial charge in [0.25, 0.3) is 6.43 Å². The van der Waals surface area contributed by atoms with Crippen LogP contribution in [0.25, 0.3) is 0 Å². The summed E-state index contributed by atoms with van der Waals surface area (Å²) in [5.41, 5.74) is 6.79. The predicted molar refractivity (Wildman–Crippen MR) is 77.0 cm³/mol. The predicted octanol–water partition coefficient (Wildman–Crippen LogP) is 1.49. The Morgan fingerprint density at radius 2 is 1.86 bits per heavy atom. The molecule has 1 aromatic carbocycles. The zero-order valence-electron chi connectivity index (χ0n) is 11.9. The van der Waals surface area contributed by atoms with E-state index in [-0.39, 0.29) is 12.5 Å². The highest BCUT2D eigenvalue weighted by Crippen LogP contribution is 2.15. The highest BCUT2D eigenvalue weighted by Gasteiger charge is 2.25. The van der Waals surface area contributed by atoms with Gasteiger partial charge in [0.2, 0.25) is 5.91 Å². The van der Waals surface area contributed by atoms with Crippen LogP contribution in [-0.2, 0) is 4.79 Å². The molecule has 1 saturated heterocycles. The van der Waals surface area contributed by atoms with E-state index in [0.717, 1.165) is 5.56 Å². The molecule has 0 bridgehead atoms. The fraction of sp³-hybridized carbons (Fsp3) is 0.533. The molecule has 21 heavy (non-hydrogen) atoms. The van der Waals surface area contributed by atoms with E-state index in [1.165, 1.54) is 0 Å². The number of rotatable bonds is 4. The van der Waals surface area contributed by atoms with E-state index >= 15 is 0 Å². The number of hydrogen-bond donors (Lipinski definition) is 1.